The van der Waals surface area contributed by atoms with Gasteiger partial charge in [0.1, 0.15) is 4.90 Å². The minimum atomic E-state index is -3.83. The van der Waals surface area contributed by atoms with Gasteiger partial charge < -0.3 is 10.0 Å². The third-order valence-electron chi connectivity index (χ3n) is 6.54. The van der Waals surface area contributed by atoms with Gasteiger partial charge in [-0.3, -0.25) is 14.5 Å². The molecule has 1 saturated heterocycles. The van der Waals surface area contributed by atoms with Crippen LogP contribution in [0.2, 0.25) is 5.02 Å². The van der Waals surface area contributed by atoms with Crippen LogP contribution in [0.4, 0.5) is 11.4 Å². The van der Waals surface area contributed by atoms with Gasteiger partial charge in [-0.1, -0.05) is 41.9 Å². The van der Waals surface area contributed by atoms with Crippen LogP contribution in [0.3, 0.4) is 0 Å². The summed E-state index contributed by atoms with van der Waals surface area (Å²) < 4.78 is 28.4. The number of likely N-dealkylation sites (tertiary alicyclic amines) is 1. The fourth-order valence-electron chi connectivity index (χ4n) is 4.59. The fraction of sp³-hybridized carbons (Fsp3) is 0.231. The molecule has 5 rings (SSSR count). The number of benzene rings is 3. The van der Waals surface area contributed by atoms with Gasteiger partial charge in [0.2, 0.25) is 0 Å². The van der Waals surface area contributed by atoms with Gasteiger partial charge in [-0.05, 0) is 54.8 Å². The van der Waals surface area contributed by atoms with Crippen molar-refractivity contribution in [2.45, 2.75) is 29.8 Å². The summed E-state index contributed by atoms with van der Waals surface area (Å²) in [6, 6.07) is 18.7. The number of fused-ring (bicyclic) bond motifs is 1. The highest BCUT2D eigenvalue weighted by atomic mass is 35.5. The molecule has 35 heavy (non-hydrogen) atoms. The Hall–Kier alpha value is -3.20. The largest absolute Gasteiger partial charge is 0.385 e. The highest BCUT2D eigenvalue weighted by Crippen LogP contribution is 2.37. The normalized spacial score (nSPS) is 16.7. The summed E-state index contributed by atoms with van der Waals surface area (Å²) in [6.45, 7) is 0.767. The molecule has 2 aliphatic rings. The van der Waals surface area contributed by atoms with E-state index in [2.05, 4.69) is 9.71 Å². The molecule has 0 atom stereocenters. The third-order valence-corrected chi connectivity index (χ3v) is 8.28. The van der Waals surface area contributed by atoms with E-state index in [9.17, 15) is 18.3 Å². The summed E-state index contributed by atoms with van der Waals surface area (Å²) >= 11 is 6.27. The van der Waals surface area contributed by atoms with Crippen LogP contribution in [-0.4, -0.2) is 43.6 Å². The second-order valence-electron chi connectivity index (χ2n) is 8.77. The molecular formula is C26H24ClN3O4S. The summed E-state index contributed by atoms with van der Waals surface area (Å²) in [7, 11) is -3.83. The van der Waals surface area contributed by atoms with E-state index in [1.807, 2.05) is 24.3 Å². The molecule has 0 spiro atoms. The minimum absolute atomic E-state index is 0.128. The van der Waals surface area contributed by atoms with Gasteiger partial charge in [-0.25, -0.2) is 8.42 Å². The third kappa shape index (κ3) is 4.57. The SMILES string of the molecule is O=C(c1ccc(NS(=O)(=O)c2cccc3c2N=CC3)cc1)N1CCC(O)(c2ccccc2Cl)CC1. The lowest BCUT2D eigenvalue weighted by Crippen LogP contribution is -2.45. The Balaban J connectivity index is 1.26. The van der Waals surface area contributed by atoms with Crippen LogP contribution < -0.4 is 4.72 Å². The average molecular weight is 510 g/mol. The molecule has 0 aromatic heterocycles. The Morgan fingerprint density at radius 1 is 1.00 bits per heavy atom. The number of piperidine rings is 1. The van der Waals surface area contributed by atoms with Gasteiger partial charge >= 0.3 is 0 Å². The Morgan fingerprint density at radius 3 is 2.43 bits per heavy atom. The molecule has 7 nitrogen and oxygen atoms in total. The van der Waals surface area contributed by atoms with Gasteiger partial charge in [-0.2, -0.15) is 0 Å². The standard InChI is InChI=1S/C26H24ClN3O4S/c27-22-6-2-1-5-21(22)26(32)13-16-30(17-14-26)25(31)19-8-10-20(11-9-19)29-35(33,34)23-7-3-4-18-12-15-28-24(18)23/h1-11,15,29,32H,12-14,16-17H2. The van der Waals surface area contributed by atoms with Crippen LogP contribution in [-0.2, 0) is 22.0 Å². The number of aliphatic imine (C=N–C) groups is 1. The molecule has 1 fully saturated rings. The van der Waals surface area contributed by atoms with Gasteiger partial charge in [-0.15, -0.1) is 0 Å². The summed E-state index contributed by atoms with van der Waals surface area (Å²) in [5, 5.41) is 11.6. The van der Waals surface area contributed by atoms with Crippen molar-refractivity contribution >= 4 is 45.1 Å². The predicted octanol–water partition coefficient (Wildman–Crippen LogP) is 4.52. The Bertz CT molecular complexity index is 1410. The monoisotopic (exact) mass is 509 g/mol. The molecule has 0 bridgehead atoms. The van der Waals surface area contributed by atoms with Crippen LogP contribution in [0.5, 0.6) is 0 Å². The van der Waals surface area contributed by atoms with Crippen molar-refractivity contribution in [3.05, 3.63) is 88.4 Å². The molecule has 0 saturated carbocycles. The fourth-order valence-corrected chi connectivity index (χ4v) is 6.16. The van der Waals surface area contributed by atoms with Crippen molar-refractivity contribution in [3.8, 4) is 0 Å². The number of anilines is 1. The van der Waals surface area contributed by atoms with E-state index in [1.54, 1.807) is 47.5 Å². The van der Waals surface area contributed by atoms with Crippen molar-refractivity contribution in [3.63, 3.8) is 0 Å². The summed E-state index contributed by atoms with van der Waals surface area (Å²) in [4.78, 5) is 19.1. The lowest BCUT2D eigenvalue weighted by molar-refractivity contribution is -0.0210. The van der Waals surface area contributed by atoms with Gasteiger partial charge in [0.05, 0.1) is 11.3 Å². The number of hydrogen-bond acceptors (Lipinski definition) is 5. The van der Waals surface area contributed by atoms with Crippen molar-refractivity contribution in [2.75, 3.05) is 17.8 Å². The van der Waals surface area contributed by atoms with Crippen LogP contribution in [0.25, 0.3) is 0 Å². The molecule has 3 aromatic rings. The van der Waals surface area contributed by atoms with Crippen molar-refractivity contribution in [1.82, 2.24) is 4.90 Å². The number of hydrogen-bond donors (Lipinski definition) is 2. The highest BCUT2D eigenvalue weighted by Gasteiger charge is 2.37. The Kier molecular flexibility index (Phi) is 6.13. The van der Waals surface area contributed by atoms with Crippen LogP contribution in [0.1, 0.15) is 34.3 Å². The van der Waals surface area contributed by atoms with E-state index < -0.39 is 15.6 Å². The lowest BCUT2D eigenvalue weighted by atomic mass is 9.84. The minimum Gasteiger partial charge on any atom is -0.385 e. The Labute approximate surface area is 209 Å². The Morgan fingerprint density at radius 2 is 1.71 bits per heavy atom. The van der Waals surface area contributed by atoms with Gasteiger partial charge in [0.15, 0.2) is 0 Å². The van der Waals surface area contributed by atoms with E-state index in [0.717, 1.165) is 5.56 Å². The number of sulfonamides is 1. The number of nitrogens with one attached hydrogen (secondary N) is 1. The van der Waals surface area contributed by atoms with E-state index in [-0.39, 0.29) is 10.8 Å². The molecule has 0 unspecified atom stereocenters. The molecule has 2 aliphatic heterocycles. The van der Waals surface area contributed by atoms with Gasteiger partial charge in [0, 0.05) is 47.6 Å². The quantitative estimate of drug-likeness (QED) is 0.528. The van der Waals surface area contributed by atoms with Crippen LogP contribution in [0.15, 0.2) is 76.6 Å². The summed E-state index contributed by atoms with van der Waals surface area (Å²) in [5.74, 6) is -0.171. The molecule has 2 heterocycles. The molecule has 3 aromatic carbocycles. The zero-order valence-corrected chi connectivity index (χ0v) is 20.4. The topological polar surface area (TPSA) is 99.1 Å². The van der Waals surface area contributed by atoms with E-state index in [0.29, 0.717) is 59.9 Å². The number of aliphatic hydroxyl groups is 1. The first-order valence-electron chi connectivity index (χ1n) is 11.3. The van der Waals surface area contributed by atoms with E-state index in [4.69, 9.17) is 11.6 Å². The number of rotatable bonds is 5. The maximum atomic E-state index is 13.0. The van der Waals surface area contributed by atoms with Crippen molar-refractivity contribution < 1.29 is 18.3 Å². The second-order valence-corrected chi connectivity index (χ2v) is 10.8. The van der Waals surface area contributed by atoms with E-state index >= 15 is 0 Å². The molecule has 1 amide bonds. The summed E-state index contributed by atoms with van der Waals surface area (Å²) in [6.07, 6.45) is 3.07. The molecular weight excluding hydrogens is 486 g/mol. The number of carbonyl (C=O) groups is 1. The first-order chi connectivity index (χ1) is 16.8. The maximum absolute atomic E-state index is 13.0. The first kappa shape index (κ1) is 23.5. The van der Waals surface area contributed by atoms with Crippen molar-refractivity contribution in [1.29, 1.82) is 0 Å². The number of para-hydroxylation sites is 1. The molecule has 2 N–H and O–H groups in total. The maximum Gasteiger partial charge on any atom is 0.264 e. The predicted molar refractivity (Wildman–Crippen MR) is 136 cm³/mol. The number of carbonyl (C=O) groups excluding carboxylic acids is 1. The highest BCUT2D eigenvalue weighted by molar-refractivity contribution is 7.92. The lowest BCUT2D eigenvalue weighted by Gasteiger charge is -2.39. The average Bonchev–Trinajstić information content (AvgIpc) is 3.33. The van der Waals surface area contributed by atoms with E-state index in [1.165, 1.54) is 6.07 Å². The molecule has 0 aliphatic carbocycles. The zero-order valence-electron chi connectivity index (χ0n) is 18.8. The summed E-state index contributed by atoms with van der Waals surface area (Å²) in [5.41, 5.74) is 1.75. The number of amides is 1. The van der Waals surface area contributed by atoms with Crippen LogP contribution >= 0.6 is 11.6 Å². The molecule has 9 heteroatoms. The second kappa shape index (κ2) is 9.11. The molecule has 0 radical (unpaired) electrons. The zero-order chi connectivity index (χ0) is 24.6. The van der Waals surface area contributed by atoms with Crippen molar-refractivity contribution in [2.24, 2.45) is 4.99 Å². The number of nitrogens with zero attached hydrogens (tertiary/aromatic N) is 2. The molecule has 180 valence electrons. The first-order valence-corrected chi connectivity index (χ1v) is 13.2. The van der Waals surface area contributed by atoms with Gasteiger partial charge in [0.25, 0.3) is 15.9 Å². The smallest absolute Gasteiger partial charge is 0.264 e. The number of halogens is 1. The van der Waals surface area contributed by atoms with Crippen LogP contribution in [0, 0.1) is 0 Å².